The van der Waals surface area contributed by atoms with E-state index < -0.39 is 11.4 Å². The van der Waals surface area contributed by atoms with E-state index in [2.05, 4.69) is 16.0 Å². The first-order chi connectivity index (χ1) is 19.1. The third kappa shape index (κ3) is 5.25. The number of nitrogens with two attached hydrogens (primary N) is 1. The number of ether oxygens (including phenoxy) is 1. The Morgan fingerprint density at radius 1 is 1.02 bits per heavy atom. The summed E-state index contributed by atoms with van der Waals surface area (Å²) in [6.45, 7) is 9.84. The number of anilines is 2. The second kappa shape index (κ2) is 10.5. The van der Waals surface area contributed by atoms with Gasteiger partial charge >= 0.3 is 6.09 Å². The van der Waals surface area contributed by atoms with E-state index in [0.29, 0.717) is 53.9 Å². The van der Waals surface area contributed by atoms with Crippen LogP contribution >= 0.6 is 0 Å². The average molecular weight is 539 g/mol. The highest BCUT2D eigenvalue weighted by Crippen LogP contribution is 2.37. The number of halogens is 1. The van der Waals surface area contributed by atoms with Crippen molar-refractivity contribution in [1.29, 1.82) is 5.26 Å². The second-order valence-corrected chi connectivity index (χ2v) is 10.9. The molecule has 5 rings (SSSR count). The molecule has 0 spiro atoms. The zero-order valence-electron chi connectivity index (χ0n) is 23.0. The Balaban J connectivity index is 1.45. The van der Waals surface area contributed by atoms with Gasteiger partial charge in [-0.3, -0.25) is 4.98 Å². The molecule has 3 heterocycles. The Morgan fingerprint density at radius 2 is 1.77 bits per heavy atom. The number of pyridine rings is 2. The van der Waals surface area contributed by atoms with Crippen LogP contribution in [0.25, 0.3) is 33.2 Å². The van der Waals surface area contributed by atoms with E-state index in [1.807, 2.05) is 45.9 Å². The highest BCUT2D eigenvalue weighted by atomic mass is 19.1. The molecule has 1 aliphatic rings. The Labute approximate surface area is 232 Å². The van der Waals surface area contributed by atoms with E-state index in [1.165, 1.54) is 6.07 Å². The van der Waals surface area contributed by atoms with Crippen molar-refractivity contribution < 1.29 is 13.9 Å². The van der Waals surface area contributed by atoms with Crippen LogP contribution in [0.4, 0.5) is 20.7 Å². The van der Waals surface area contributed by atoms with Crippen LogP contribution in [-0.2, 0) is 4.74 Å². The molecule has 8 nitrogen and oxygen atoms in total. The maximum atomic E-state index is 14.9. The summed E-state index contributed by atoms with van der Waals surface area (Å²) in [5.74, 6) is -0.111. The maximum absolute atomic E-state index is 14.9. The lowest BCUT2D eigenvalue weighted by molar-refractivity contribution is 0.0240. The summed E-state index contributed by atoms with van der Waals surface area (Å²) in [5.41, 5.74) is 9.95. The van der Waals surface area contributed by atoms with Gasteiger partial charge in [-0.05, 0) is 69.0 Å². The van der Waals surface area contributed by atoms with Crippen molar-refractivity contribution in [2.45, 2.75) is 33.3 Å². The maximum Gasteiger partial charge on any atom is 0.410 e. The van der Waals surface area contributed by atoms with Crippen molar-refractivity contribution >= 4 is 28.4 Å². The van der Waals surface area contributed by atoms with Crippen LogP contribution in [0.15, 0.2) is 54.9 Å². The Hall–Kier alpha value is -4.71. The molecule has 2 aromatic carbocycles. The molecular formula is C31H31FN6O2. The molecule has 1 aliphatic heterocycles. The van der Waals surface area contributed by atoms with Gasteiger partial charge in [0, 0.05) is 54.5 Å². The number of aryl methyl sites for hydroxylation is 1. The predicted molar refractivity (Wildman–Crippen MR) is 154 cm³/mol. The monoisotopic (exact) mass is 538 g/mol. The number of piperazine rings is 1. The van der Waals surface area contributed by atoms with Gasteiger partial charge in [-0.2, -0.15) is 5.26 Å². The minimum atomic E-state index is -0.528. The van der Waals surface area contributed by atoms with Crippen molar-refractivity contribution in [3.05, 3.63) is 71.8 Å². The third-order valence-corrected chi connectivity index (χ3v) is 6.99. The molecule has 0 radical (unpaired) electrons. The number of hydrogen-bond donors (Lipinski definition) is 1. The number of rotatable bonds is 3. The van der Waals surface area contributed by atoms with Crippen LogP contribution < -0.4 is 10.6 Å². The van der Waals surface area contributed by atoms with Crippen LogP contribution in [0.1, 0.15) is 31.9 Å². The van der Waals surface area contributed by atoms with Gasteiger partial charge in [0.2, 0.25) is 0 Å². The molecule has 2 aromatic heterocycles. The van der Waals surface area contributed by atoms with Crippen molar-refractivity contribution in [3.63, 3.8) is 0 Å². The number of hydrogen-bond acceptors (Lipinski definition) is 7. The smallest absolute Gasteiger partial charge is 0.410 e. The third-order valence-electron chi connectivity index (χ3n) is 6.99. The summed E-state index contributed by atoms with van der Waals surface area (Å²) in [5, 5.41) is 11.2. The number of benzene rings is 2. The largest absolute Gasteiger partial charge is 0.444 e. The van der Waals surface area contributed by atoms with Crippen LogP contribution in [0.5, 0.6) is 0 Å². The van der Waals surface area contributed by atoms with Gasteiger partial charge in [-0.15, -0.1) is 0 Å². The molecule has 0 atom stereocenters. The molecule has 204 valence electrons. The molecule has 0 saturated carbocycles. The fourth-order valence-corrected chi connectivity index (χ4v) is 4.99. The highest BCUT2D eigenvalue weighted by Gasteiger charge is 2.26. The van der Waals surface area contributed by atoms with Crippen molar-refractivity contribution in [1.82, 2.24) is 14.9 Å². The first-order valence-electron chi connectivity index (χ1n) is 13.1. The van der Waals surface area contributed by atoms with E-state index in [-0.39, 0.29) is 11.9 Å². The molecule has 0 bridgehead atoms. The molecule has 0 aliphatic carbocycles. The molecule has 1 saturated heterocycles. The van der Waals surface area contributed by atoms with E-state index >= 15 is 0 Å². The Morgan fingerprint density at radius 3 is 2.40 bits per heavy atom. The summed E-state index contributed by atoms with van der Waals surface area (Å²) >= 11 is 0. The van der Waals surface area contributed by atoms with Gasteiger partial charge in [0.15, 0.2) is 0 Å². The van der Waals surface area contributed by atoms with Gasteiger partial charge in [0.05, 0.1) is 29.2 Å². The quantitative estimate of drug-likeness (QED) is 0.345. The lowest BCUT2D eigenvalue weighted by atomic mass is 9.91. The number of nitriles is 1. The van der Waals surface area contributed by atoms with Gasteiger partial charge in [-0.25, -0.2) is 14.2 Å². The standard InChI is InChI=1S/C31H31FN6O2/c1-19-6-5-7-26(32)28(19)22-15-23-24(14-20(22)16-33)29(34)36-18-25(23)27-9-8-21(17-35-27)37-10-12-38(13-11-37)30(39)40-31(2,3)4/h5-9,14-15,17-18H,10-13H2,1-4H3,(H2,34,36). The summed E-state index contributed by atoms with van der Waals surface area (Å²) in [7, 11) is 0. The summed E-state index contributed by atoms with van der Waals surface area (Å²) < 4.78 is 20.4. The van der Waals surface area contributed by atoms with Crippen LogP contribution in [0.3, 0.4) is 0 Å². The minimum Gasteiger partial charge on any atom is -0.444 e. The first kappa shape index (κ1) is 26.9. The summed E-state index contributed by atoms with van der Waals surface area (Å²) in [4.78, 5) is 25.4. The van der Waals surface area contributed by atoms with Crippen molar-refractivity contribution in [3.8, 4) is 28.5 Å². The molecule has 1 fully saturated rings. The number of nitrogens with zero attached hydrogens (tertiary/aromatic N) is 5. The molecular weight excluding hydrogens is 507 g/mol. The topological polar surface area (TPSA) is 108 Å². The van der Waals surface area contributed by atoms with E-state index in [0.717, 1.165) is 22.2 Å². The second-order valence-electron chi connectivity index (χ2n) is 10.9. The Kier molecular flexibility index (Phi) is 7.03. The zero-order valence-corrected chi connectivity index (χ0v) is 23.0. The highest BCUT2D eigenvalue weighted by molar-refractivity contribution is 6.04. The zero-order chi connectivity index (χ0) is 28.6. The number of fused-ring (bicyclic) bond motifs is 1. The van der Waals surface area contributed by atoms with Gasteiger partial charge in [0.1, 0.15) is 17.2 Å². The van der Waals surface area contributed by atoms with Crippen molar-refractivity contribution in [2.75, 3.05) is 36.8 Å². The number of amides is 1. The number of nitrogen functional groups attached to an aromatic ring is 1. The van der Waals surface area contributed by atoms with Crippen LogP contribution in [-0.4, -0.2) is 52.7 Å². The molecule has 9 heteroatoms. The van der Waals surface area contributed by atoms with E-state index in [9.17, 15) is 14.4 Å². The fourth-order valence-electron chi connectivity index (χ4n) is 4.99. The molecule has 2 N–H and O–H groups in total. The van der Waals surface area contributed by atoms with Gasteiger partial charge in [0.25, 0.3) is 0 Å². The van der Waals surface area contributed by atoms with Crippen LogP contribution in [0.2, 0.25) is 0 Å². The number of carbonyl (C=O) groups is 1. The van der Waals surface area contributed by atoms with Gasteiger partial charge in [-0.1, -0.05) is 12.1 Å². The fraction of sp³-hybridized carbons (Fsp3) is 0.290. The molecule has 40 heavy (non-hydrogen) atoms. The SMILES string of the molecule is Cc1cccc(F)c1-c1cc2c(-c3ccc(N4CCN(C(=O)OC(C)(C)C)CC4)cn3)cnc(N)c2cc1C#N. The minimum absolute atomic E-state index is 0.284. The molecule has 1 amide bonds. The predicted octanol–water partition coefficient (Wildman–Crippen LogP) is 5.92. The number of carbonyl (C=O) groups excluding carboxylic acids is 1. The van der Waals surface area contributed by atoms with E-state index in [4.69, 9.17) is 15.5 Å². The lowest BCUT2D eigenvalue weighted by Crippen LogP contribution is -2.50. The summed E-state index contributed by atoms with van der Waals surface area (Å²) in [6, 6.07) is 14.4. The van der Waals surface area contributed by atoms with Gasteiger partial charge < -0.3 is 20.3 Å². The van der Waals surface area contributed by atoms with Crippen LogP contribution in [0, 0.1) is 24.1 Å². The van der Waals surface area contributed by atoms with Crippen molar-refractivity contribution in [2.24, 2.45) is 0 Å². The molecule has 0 unspecified atom stereocenters. The average Bonchev–Trinajstić information content (AvgIpc) is 2.92. The molecule has 4 aromatic rings. The lowest BCUT2D eigenvalue weighted by Gasteiger charge is -2.36. The summed E-state index contributed by atoms with van der Waals surface area (Å²) in [6.07, 6.45) is 3.16. The number of aromatic nitrogens is 2. The first-order valence-corrected chi connectivity index (χ1v) is 13.1. The van der Waals surface area contributed by atoms with E-state index in [1.54, 1.807) is 35.5 Å². The Bertz CT molecular complexity index is 1610. The normalized spacial score (nSPS) is 13.8.